The lowest BCUT2D eigenvalue weighted by Crippen LogP contribution is -2.00. The molecule has 7 aromatic carbocycles. The number of benzene rings is 7. The van der Waals surface area contributed by atoms with Gasteiger partial charge >= 0.3 is 0 Å². The van der Waals surface area contributed by atoms with Crippen LogP contribution in [0, 0.1) is 0 Å². The lowest BCUT2D eigenvalue weighted by Gasteiger charge is -2.18. The Labute approximate surface area is 258 Å². The van der Waals surface area contributed by atoms with E-state index < -0.39 is 0 Å². The largest absolute Gasteiger partial charge is 0.0622 e. The molecule has 2 aliphatic rings. The van der Waals surface area contributed by atoms with Gasteiger partial charge in [0.05, 0.1) is 0 Å². The molecule has 7 aromatic rings. The summed E-state index contributed by atoms with van der Waals surface area (Å²) >= 11 is 0. The van der Waals surface area contributed by atoms with Gasteiger partial charge in [0.2, 0.25) is 0 Å². The standard InChI is InChI=1S/C44H30/c1-3-11-29(12-4-1)35-24-36(30-13-5-2-6-14-30)26-37(25-35)44-40-18-10-9-17-39(40)43-28-32(21-22-41(43)44)31-19-20-34-23-33-15-7-8-16-38(33)42(34)27-31/h1-22,24-28,44H,23H2. The molecule has 0 bridgehead atoms. The molecule has 0 aromatic heterocycles. The lowest BCUT2D eigenvalue weighted by atomic mass is 9.85. The lowest BCUT2D eigenvalue weighted by molar-refractivity contribution is 1.02. The van der Waals surface area contributed by atoms with Gasteiger partial charge in [0.25, 0.3) is 0 Å². The van der Waals surface area contributed by atoms with Gasteiger partial charge in [-0.2, -0.15) is 0 Å². The van der Waals surface area contributed by atoms with Crippen molar-refractivity contribution < 1.29 is 0 Å². The average Bonchev–Trinajstić information content (AvgIpc) is 3.64. The Morgan fingerprint density at radius 2 is 0.864 bits per heavy atom. The summed E-state index contributed by atoms with van der Waals surface area (Å²) in [7, 11) is 0. The molecule has 206 valence electrons. The van der Waals surface area contributed by atoms with Crippen molar-refractivity contribution in [2.75, 3.05) is 0 Å². The summed E-state index contributed by atoms with van der Waals surface area (Å²) in [5.41, 5.74) is 19.9. The second kappa shape index (κ2) is 10.1. The predicted molar refractivity (Wildman–Crippen MR) is 184 cm³/mol. The van der Waals surface area contributed by atoms with Crippen LogP contribution in [-0.4, -0.2) is 0 Å². The van der Waals surface area contributed by atoms with Crippen LogP contribution in [0.5, 0.6) is 0 Å². The van der Waals surface area contributed by atoms with Crippen molar-refractivity contribution in [3.63, 3.8) is 0 Å². The van der Waals surface area contributed by atoms with Gasteiger partial charge in [0.15, 0.2) is 0 Å². The molecule has 0 saturated heterocycles. The minimum atomic E-state index is 0.174. The molecule has 1 atom stereocenters. The van der Waals surface area contributed by atoms with Gasteiger partial charge in [-0.1, -0.05) is 146 Å². The van der Waals surface area contributed by atoms with Crippen molar-refractivity contribution in [3.8, 4) is 55.6 Å². The van der Waals surface area contributed by atoms with Crippen LogP contribution >= 0.6 is 0 Å². The van der Waals surface area contributed by atoms with Crippen molar-refractivity contribution >= 4 is 0 Å². The van der Waals surface area contributed by atoms with Gasteiger partial charge < -0.3 is 0 Å². The van der Waals surface area contributed by atoms with Gasteiger partial charge in [-0.25, -0.2) is 0 Å². The molecule has 0 aliphatic heterocycles. The Hall–Kier alpha value is -5.46. The highest BCUT2D eigenvalue weighted by Crippen LogP contribution is 2.50. The van der Waals surface area contributed by atoms with Crippen LogP contribution in [0.4, 0.5) is 0 Å². The van der Waals surface area contributed by atoms with Gasteiger partial charge in [0.1, 0.15) is 0 Å². The summed E-state index contributed by atoms with van der Waals surface area (Å²) in [4.78, 5) is 0. The van der Waals surface area contributed by atoms with E-state index in [1.807, 2.05) is 0 Å². The highest BCUT2D eigenvalue weighted by Gasteiger charge is 2.31. The Morgan fingerprint density at radius 3 is 1.59 bits per heavy atom. The van der Waals surface area contributed by atoms with Crippen molar-refractivity contribution in [1.29, 1.82) is 0 Å². The minimum Gasteiger partial charge on any atom is -0.0622 e. The fourth-order valence-corrected chi connectivity index (χ4v) is 7.46. The molecule has 1 unspecified atom stereocenters. The van der Waals surface area contributed by atoms with Gasteiger partial charge in [-0.15, -0.1) is 0 Å². The Bertz CT molecular complexity index is 2130. The Morgan fingerprint density at radius 1 is 0.318 bits per heavy atom. The molecule has 0 saturated carbocycles. The summed E-state index contributed by atoms with van der Waals surface area (Å²) in [6.45, 7) is 0. The first-order valence-corrected chi connectivity index (χ1v) is 15.5. The molecule has 0 heteroatoms. The smallest absolute Gasteiger partial charge is 0.0352 e. The highest BCUT2D eigenvalue weighted by molar-refractivity contribution is 5.87. The number of hydrogen-bond acceptors (Lipinski definition) is 0. The van der Waals surface area contributed by atoms with Crippen LogP contribution in [0.15, 0.2) is 164 Å². The van der Waals surface area contributed by atoms with E-state index in [4.69, 9.17) is 0 Å². The van der Waals surface area contributed by atoms with E-state index in [0.717, 1.165) is 6.42 Å². The molecule has 0 fully saturated rings. The molecule has 0 spiro atoms. The number of rotatable bonds is 4. The molecular formula is C44H30. The van der Waals surface area contributed by atoms with E-state index in [-0.39, 0.29) is 5.92 Å². The molecule has 0 N–H and O–H groups in total. The Kier molecular flexibility index (Phi) is 5.74. The maximum atomic E-state index is 2.43. The quantitative estimate of drug-likeness (QED) is 0.201. The van der Waals surface area contributed by atoms with E-state index >= 15 is 0 Å². The maximum Gasteiger partial charge on any atom is 0.0352 e. The van der Waals surface area contributed by atoms with E-state index in [1.54, 1.807) is 0 Å². The molecule has 2 aliphatic carbocycles. The first-order chi connectivity index (χ1) is 21.8. The van der Waals surface area contributed by atoms with E-state index in [2.05, 4.69) is 164 Å². The molecule has 9 rings (SSSR count). The molecule has 0 radical (unpaired) electrons. The molecule has 0 amide bonds. The SMILES string of the molecule is c1ccc(-c2cc(-c3ccccc3)cc(C3c4ccccc4-c4cc(-c5ccc6c(c5)-c5ccccc5C6)ccc43)c2)cc1. The topological polar surface area (TPSA) is 0 Å². The summed E-state index contributed by atoms with van der Waals surface area (Å²) < 4.78 is 0. The zero-order valence-corrected chi connectivity index (χ0v) is 24.4. The van der Waals surface area contributed by atoms with E-state index in [1.165, 1.54) is 83.5 Å². The fourth-order valence-electron chi connectivity index (χ4n) is 7.46. The normalized spacial score (nSPS) is 14.0. The van der Waals surface area contributed by atoms with Crippen molar-refractivity contribution in [3.05, 3.63) is 192 Å². The van der Waals surface area contributed by atoms with Gasteiger partial charge in [-0.05, 0) is 108 Å². The average molecular weight is 559 g/mol. The zero-order valence-electron chi connectivity index (χ0n) is 24.4. The van der Waals surface area contributed by atoms with Crippen LogP contribution in [0.2, 0.25) is 0 Å². The highest BCUT2D eigenvalue weighted by atomic mass is 14.3. The van der Waals surface area contributed by atoms with E-state index in [9.17, 15) is 0 Å². The third-order valence-electron chi connectivity index (χ3n) is 9.56. The number of hydrogen-bond donors (Lipinski definition) is 0. The Balaban J connectivity index is 1.19. The summed E-state index contributed by atoms with van der Waals surface area (Å²) in [5, 5.41) is 0. The molecular weight excluding hydrogens is 528 g/mol. The van der Waals surface area contributed by atoms with Crippen LogP contribution in [0.1, 0.15) is 33.7 Å². The summed E-state index contributed by atoms with van der Waals surface area (Å²) in [6.07, 6.45) is 1.03. The van der Waals surface area contributed by atoms with Crippen LogP contribution in [-0.2, 0) is 6.42 Å². The van der Waals surface area contributed by atoms with Crippen LogP contribution in [0.25, 0.3) is 55.6 Å². The third kappa shape index (κ3) is 4.07. The maximum absolute atomic E-state index is 2.43. The van der Waals surface area contributed by atoms with Crippen molar-refractivity contribution in [2.45, 2.75) is 12.3 Å². The second-order valence-electron chi connectivity index (χ2n) is 12.1. The van der Waals surface area contributed by atoms with E-state index in [0.29, 0.717) is 0 Å². The fraction of sp³-hybridized carbons (Fsp3) is 0.0455. The summed E-state index contributed by atoms with van der Waals surface area (Å²) in [5.74, 6) is 0.174. The van der Waals surface area contributed by atoms with Gasteiger partial charge in [-0.3, -0.25) is 0 Å². The molecule has 44 heavy (non-hydrogen) atoms. The third-order valence-corrected chi connectivity index (χ3v) is 9.56. The molecule has 0 nitrogen and oxygen atoms in total. The number of fused-ring (bicyclic) bond motifs is 6. The summed E-state index contributed by atoms with van der Waals surface area (Å²) in [6, 6.07) is 60.7. The van der Waals surface area contributed by atoms with Crippen LogP contribution < -0.4 is 0 Å². The first-order valence-electron chi connectivity index (χ1n) is 15.5. The first kappa shape index (κ1) is 25.1. The van der Waals surface area contributed by atoms with Gasteiger partial charge in [0, 0.05) is 5.92 Å². The predicted octanol–water partition coefficient (Wildman–Crippen LogP) is 11.4. The molecule has 0 heterocycles. The van der Waals surface area contributed by atoms with Crippen molar-refractivity contribution in [1.82, 2.24) is 0 Å². The van der Waals surface area contributed by atoms with Crippen molar-refractivity contribution in [2.24, 2.45) is 0 Å². The minimum absolute atomic E-state index is 0.174. The second-order valence-corrected chi connectivity index (χ2v) is 12.1. The monoisotopic (exact) mass is 558 g/mol. The zero-order chi connectivity index (χ0) is 29.0. The van der Waals surface area contributed by atoms with Crippen LogP contribution in [0.3, 0.4) is 0 Å².